The fourth-order valence-electron chi connectivity index (χ4n) is 4.92. The number of nitrogens with one attached hydrogen (secondary N) is 3. The average Bonchev–Trinajstić information content (AvgIpc) is 3.36. The molecule has 1 aliphatic carbocycles. The van der Waals surface area contributed by atoms with Crippen LogP contribution in [-0.4, -0.2) is 37.5 Å². The van der Waals surface area contributed by atoms with Gasteiger partial charge in [0.15, 0.2) is 0 Å². The van der Waals surface area contributed by atoms with Gasteiger partial charge in [-0.05, 0) is 78.6 Å². The smallest absolute Gasteiger partial charge is 0.251 e. The standard InChI is InChI=1S/C27H30N4O4.2C2H6/c1-34-31-27-28-21(16-25(32)30-27)6-2-4-17-7-8-18-9-11-23(22(18)14-17)29-26(33)20-10-12-24-19(15-20)5-3-13-35-24;2*1-2/h2,4,7-8,10,12,14-15,21,23H,3,5-6,9,11,13,16H2,1H3,(H,29,33)(H2,28,30,31,32);2*1-2H3/b4-2+;;. The van der Waals surface area contributed by atoms with Crippen LogP contribution in [0.15, 0.2) is 47.5 Å². The molecule has 0 bridgehead atoms. The van der Waals surface area contributed by atoms with E-state index in [9.17, 15) is 9.59 Å². The van der Waals surface area contributed by atoms with E-state index in [4.69, 9.17) is 9.57 Å². The molecule has 2 aromatic carbocycles. The van der Waals surface area contributed by atoms with Crippen LogP contribution in [0.1, 0.15) is 92.0 Å². The molecule has 0 fully saturated rings. The number of guanidine groups is 1. The zero-order valence-electron chi connectivity index (χ0n) is 23.8. The summed E-state index contributed by atoms with van der Waals surface area (Å²) in [4.78, 5) is 34.2. The molecule has 2 unspecified atom stereocenters. The topological polar surface area (TPSA) is 101 Å². The highest BCUT2D eigenvalue weighted by molar-refractivity contribution is 5.98. The molecule has 3 aliphatic rings. The molecule has 39 heavy (non-hydrogen) atoms. The third-order valence-corrected chi connectivity index (χ3v) is 6.63. The van der Waals surface area contributed by atoms with Crippen molar-refractivity contribution < 1.29 is 19.2 Å². The van der Waals surface area contributed by atoms with Crippen molar-refractivity contribution in [2.75, 3.05) is 13.7 Å². The van der Waals surface area contributed by atoms with Crippen LogP contribution >= 0.6 is 0 Å². The van der Waals surface area contributed by atoms with E-state index in [0.717, 1.165) is 49.2 Å². The van der Waals surface area contributed by atoms with Crippen molar-refractivity contribution in [3.63, 3.8) is 0 Å². The molecule has 210 valence electrons. The zero-order valence-corrected chi connectivity index (χ0v) is 23.8. The average molecular weight is 535 g/mol. The van der Waals surface area contributed by atoms with Gasteiger partial charge in [-0.1, -0.05) is 52.0 Å². The lowest BCUT2D eigenvalue weighted by atomic mass is 10.0. The molecule has 0 aromatic heterocycles. The summed E-state index contributed by atoms with van der Waals surface area (Å²) in [5, 5.41) is 5.87. The number of carbonyl (C=O) groups excluding carboxylic acids is 2. The van der Waals surface area contributed by atoms with Gasteiger partial charge in [0.05, 0.1) is 25.8 Å². The van der Waals surface area contributed by atoms with E-state index in [1.807, 2.05) is 58.0 Å². The van der Waals surface area contributed by atoms with Gasteiger partial charge >= 0.3 is 0 Å². The maximum atomic E-state index is 13.0. The first-order valence-electron chi connectivity index (χ1n) is 14.1. The van der Waals surface area contributed by atoms with E-state index in [2.05, 4.69) is 39.3 Å². The molecule has 0 radical (unpaired) electrons. The summed E-state index contributed by atoms with van der Waals surface area (Å²) < 4.78 is 5.67. The summed E-state index contributed by atoms with van der Waals surface area (Å²) in [6, 6.07) is 12.0. The lowest BCUT2D eigenvalue weighted by Crippen LogP contribution is -2.45. The summed E-state index contributed by atoms with van der Waals surface area (Å²) in [7, 11) is 1.48. The van der Waals surface area contributed by atoms with Crippen molar-refractivity contribution in [1.29, 1.82) is 0 Å². The number of benzene rings is 2. The maximum absolute atomic E-state index is 13.0. The number of ether oxygens (including phenoxy) is 1. The molecule has 2 atom stereocenters. The summed E-state index contributed by atoms with van der Waals surface area (Å²) in [5.41, 5.74) is 7.87. The SMILES string of the molecule is CC.CC.CONC1=NC(C/C=C/c2ccc3c(c2)C(NC(=O)c2ccc4c(c2)CCCO4)CC3)CC(=O)N1. The van der Waals surface area contributed by atoms with E-state index < -0.39 is 0 Å². The van der Waals surface area contributed by atoms with Crippen molar-refractivity contribution in [2.45, 2.75) is 78.3 Å². The summed E-state index contributed by atoms with van der Waals surface area (Å²) in [5.74, 6) is 1.09. The van der Waals surface area contributed by atoms with Crippen LogP contribution in [0.3, 0.4) is 0 Å². The number of nitrogens with zero attached hydrogens (tertiary/aromatic N) is 1. The number of fused-ring (bicyclic) bond motifs is 2. The first-order chi connectivity index (χ1) is 19.1. The predicted octanol–water partition coefficient (Wildman–Crippen LogP) is 5.28. The Morgan fingerprint density at radius 1 is 1.13 bits per heavy atom. The first-order valence-corrected chi connectivity index (χ1v) is 14.1. The van der Waals surface area contributed by atoms with E-state index >= 15 is 0 Å². The Morgan fingerprint density at radius 3 is 2.74 bits per heavy atom. The Bertz CT molecular complexity index is 1190. The van der Waals surface area contributed by atoms with Gasteiger partial charge in [0.2, 0.25) is 11.9 Å². The molecule has 8 heteroatoms. The Labute approximate surface area is 232 Å². The molecule has 8 nitrogen and oxygen atoms in total. The van der Waals surface area contributed by atoms with Gasteiger partial charge in [0.1, 0.15) is 5.75 Å². The Hall–Kier alpha value is -3.65. The fourth-order valence-corrected chi connectivity index (χ4v) is 4.92. The fraction of sp³-hybridized carbons (Fsp3) is 0.452. The second-order valence-electron chi connectivity index (χ2n) is 9.13. The van der Waals surface area contributed by atoms with E-state index in [1.54, 1.807) is 0 Å². The van der Waals surface area contributed by atoms with E-state index in [-0.39, 0.29) is 23.9 Å². The van der Waals surface area contributed by atoms with Crippen molar-refractivity contribution in [1.82, 2.24) is 16.1 Å². The van der Waals surface area contributed by atoms with Gasteiger partial charge in [-0.25, -0.2) is 10.5 Å². The monoisotopic (exact) mass is 534 g/mol. The Morgan fingerprint density at radius 2 is 1.95 bits per heavy atom. The van der Waals surface area contributed by atoms with Gasteiger partial charge in [-0.3, -0.25) is 19.7 Å². The van der Waals surface area contributed by atoms with Gasteiger partial charge in [0, 0.05) is 12.0 Å². The number of aryl methyl sites for hydroxylation is 2. The molecular formula is C31H42N4O4. The Kier molecular flexibility index (Phi) is 11.6. The van der Waals surface area contributed by atoms with Crippen LogP contribution in [-0.2, 0) is 22.5 Å². The third-order valence-electron chi connectivity index (χ3n) is 6.63. The second kappa shape index (κ2) is 15.1. The summed E-state index contributed by atoms with van der Waals surface area (Å²) in [6.45, 7) is 8.74. The van der Waals surface area contributed by atoms with E-state index in [1.165, 1.54) is 18.2 Å². The van der Waals surface area contributed by atoms with Gasteiger partial charge in [-0.15, -0.1) is 0 Å². The van der Waals surface area contributed by atoms with Crippen LogP contribution in [0.4, 0.5) is 0 Å². The lowest BCUT2D eigenvalue weighted by molar-refractivity contribution is -0.120. The maximum Gasteiger partial charge on any atom is 0.251 e. The van der Waals surface area contributed by atoms with Gasteiger partial charge in [-0.2, -0.15) is 0 Å². The number of hydroxylamine groups is 1. The molecule has 2 heterocycles. The van der Waals surface area contributed by atoms with Crippen LogP contribution < -0.4 is 20.9 Å². The molecular weight excluding hydrogens is 492 g/mol. The second-order valence-corrected chi connectivity index (χ2v) is 9.13. The lowest BCUT2D eigenvalue weighted by Gasteiger charge is -2.19. The highest BCUT2D eigenvalue weighted by atomic mass is 16.6. The van der Waals surface area contributed by atoms with Crippen LogP contribution in [0, 0.1) is 0 Å². The molecule has 0 spiro atoms. The minimum Gasteiger partial charge on any atom is -0.493 e. The molecule has 0 saturated carbocycles. The number of hydrogen-bond donors (Lipinski definition) is 3. The number of aliphatic imine (C=N–C) groups is 1. The predicted molar refractivity (Wildman–Crippen MR) is 156 cm³/mol. The van der Waals surface area contributed by atoms with Crippen LogP contribution in [0.5, 0.6) is 5.75 Å². The minimum atomic E-state index is -0.138. The van der Waals surface area contributed by atoms with Crippen molar-refractivity contribution in [3.8, 4) is 5.75 Å². The summed E-state index contributed by atoms with van der Waals surface area (Å²) >= 11 is 0. The third kappa shape index (κ3) is 7.93. The molecule has 0 saturated heterocycles. The van der Waals surface area contributed by atoms with Crippen molar-refractivity contribution in [3.05, 3.63) is 70.3 Å². The highest BCUT2D eigenvalue weighted by Gasteiger charge is 2.25. The van der Waals surface area contributed by atoms with Gasteiger partial charge < -0.3 is 10.1 Å². The molecule has 2 aliphatic heterocycles. The van der Waals surface area contributed by atoms with Gasteiger partial charge in [0.25, 0.3) is 5.91 Å². The number of amides is 2. The quantitative estimate of drug-likeness (QED) is 0.438. The van der Waals surface area contributed by atoms with E-state index in [0.29, 0.717) is 24.4 Å². The number of rotatable bonds is 6. The Balaban J connectivity index is 0.00000100. The first kappa shape index (κ1) is 29.9. The summed E-state index contributed by atoms with van der Waals surface area (Å²) in [6.07, 6.45) is 8.83. The highest BCUT2D eigenvalue weighted by Crippen LogP contribution is 2.33. The van der Waals surface area contributed by atoms with Crippen molar-refractivity contribution in [2.24, 2.45) is 4.99 Å². The number of carbonyl (C=O) groups is 2. The largest absolute Gasteiger partial charge is 0.493 e. The molecule has 5 rings (SSSR count). The minimum absolute atomic E-state index is 0.00699. The number of hydrogen-bond acceptors (Lipinski definition) is 6. The molecule has 2 aromatic rings. The zero-order chi connectivity index (χ0) is 28.2. The molecule has 2 amide bonds. The normalized spacial score (nSPS) is 19.1. The molecule has 3 N–H and O–H groups in total. The van der Waals surface area contributed by atoms with Crippen LogP contribution in [0.25, 0.3) is 6.08 Å². The van der Waals surface area contributed by atoms with Crippen molar-refractivity contribution >= 4 is 23.8 Å². The van der Waals surface area contributed by atoms with Crippen LogP contribution in [0.2, 0.25) is 0 Å².